The van der Waals surface area contributed by atoms with E-state index in [4.69, 9.17) is 9.47 Å². The van der Waals surface area contributed by atoms with Crippen LogP contribution in [0.25, 0.3) is 12.2 Å². The molecule has 0 aliphatic carbocycles. The summed E-state index contributed by atoms with van der Waals surface area (Å²) in [5, 5.41) is 2.10. The molecule has 0 radical (unpaired) electrons. The predicted octanol–water partition coefficient (Wildman–Crippen LogP) is 2.31. The van der Waals surface area contributed by atoms with Gasteiger partial charge in [0.05, 0.1) is 6.26 Å². The lowest BCUT2D eigenvalue weighted by molar-refractivity contribution is 0.457. The molecule has 4 rings (SSSR count). The van der Waals surface area contributed by atoms with E-state index in [1.54, 1.807) is 6.26 Å². The monoisotopic (exact) mass is 234 g/mol. The van der Waals surface area contributed by atoms with Crippen LogP contribution in [0.3, 0.4) is 0 Å². The maximum absolute atomic E-state index is 5.91. The first kappa shape index (κ1) is 9.54. The Morgan fingerprint density at radius 3 is 2.72 bits per heavy atom. The van der Waals surface area contributed by atoms with Gasteiger partial charge in [0.15, 0.2) is 0 Å². The lowest BCUT2D eigenvalue weighted by Gasteiger charge is -2.16. The van der Waals surface area contributed by atoms with Gasteiger partial charge in [0.25, 0.3) is 0 Å². The van der Waals surface area contributed by atoms with Crippen molar-refractivity contribution in [3.05, 3.63) is 64.7 Å². The Morgan fingerprint density at radius 1 is 0.833 bits per heavy atom. The summed E-state index contributed by atoms with van der Waals surface area (Å²) in [6.07, 6.45) is 7.71. The van der Waals surface area contributed by atoms with Crippen molar-refractivity contribution in [1.29, 1.82) is 0 Å². The molecule has 0 saturated carbocycles. The topological polar surface area (TPSA) is 18.5 Å². The summed E-state index contributed by atoms with van der Waals surface area (Å²) in [6.45, 7) is 0. The highest BCUT2D eigenvalue weighted by Gasteiger charge is 2.12. The van der Waals surface area contributed by atoms with Gasteiger partial charge >= 0.3 is 0 Å². The van der Waals surface area contributed by atoms with E-state index in [0.717, 1.165) is 33.2 Å². The van der Waals surface area contributed by atoms with E-state index in [1.807, 2.05) is 48.6 Å². The van der Waals surface area contributed by atoms with E-state index in [1.165, 1.54) is 0 Å². The van der Waals surface area contributed by atoms with Crippen LogP contribution in [0.5, 0.6) is 17.2 Å². The second-order valence-corrected chi connectivity index (χ2v) is 4.33. The molecule has 2 aromatic rings. The average molecular weight is 234 g/mol. The van der Waals surface area contributed by atoms with Gasteiger partial charge in [-0.2, -0.15) is 0 Å². The Morgan fingerprint density at radius 2 is 1.72 bits per heavy atom. The van der Waals surface area contributed by atoms with Crippen molar-refractivity contribution in [3.8, 4) is 17.2 Å². The molecule has 0 amide bonds. The third kappa shape index (κ3) is 1.36. The SMILES string of the molecule is C1=COc2cc3c(cc2=C1)Oc1ccccc1C=3. The van der Waals surface area contributed by atoms with Crippen molar-refractivity contribution in [2.75, 3.05) is 0 Å². The van der Waals surface area contributed by atoms with Crippen LogP contribution < -0.4 is 19.9 Å². The summed E-state index contributed by atoms with van der Waals surface area (Å²) in [6, 6.07) is 12.0. The van der Waals surface area contributed by atoms with Gasteiger partial charge in [0, 0.05) is 16.0 Å². The maximum atomic E-state index is 5.91. The maximum Gasteiger partial charge on any atom is 0.135 e. The highest BCUT2D eigenvalue weighted by atomic mass is 16.5. The van der Waals surface area contributed by atoms with E-state index in [-0.39, 0.29) is 0 Å². The lowest BCUT2D eigenvalue weighted by Crippen LogP contribution is -2.18. The number of rotatable bonds is 0. The van der Waals surface area contributed by atoms with Crippen LogP contribution in [0, 0.1) is 0 Å². The Hall–Kier alpha value is -2.48. The number of allylic oxidation sites excluding steroid dienone is 1. The quantitative estimate of drug-likeness (QED) is 0.594. The van der Waals surface area contributed by atoms with Gasteiger partial charge in [-0.1, -0.05) is 18.2 Å². The largest absolute Gasteiger partial charge is 0.464 e. The Balaban J connectivity index is 2.02. The highest BCUT2D eigenvalue weighted by molar-refractivity contribution is 5.64. The standard InChI is InChI=1S/C16H10O2/c1-2-6-14-11(4-1)8-13-10-15-12(5-3-7-17-15)9-16(13)18-14/h1-10H. The average Bonchev–Trinajstić information content (AvgIpc) is 2.42. The van der Waals surface area contributed by atoms with Gasteiger partial charge < -0.3 is 9.47 Å². The molecule has 0 bridgehead atoms. The Bertz CT molecular complexity index is 785. The van der Waals surface area contributed by atoms with Gasteiger partial charge in [0.1, 0.15) is 17.2 Å². The zero-order chi connectivity index (χ0) is 11.9. The van der Waals surface area contributed by atoms with Crippen molar-refractivity contribution in [1.82, 2.24) is 0 Å². The molecular formula is C16H10O2. The fourth-order valence-electron chi connectivity index (χ4n) is 2.26. The minimum absolute atomic E-state index is 0.871. The summed E-state index contributed by atoms with van der Waals surface area (Å²) in [4.78, 5) is 0. The molecule has 0 saturated heterocycles. The third-order valence-electron chi connectivity index (χ3n) is 3.14. The van der Waals surface area contributed by atoms with Crippen molar-refractivity contribution in [2.24, 2.45) is 0 Å². The molecule has 0 fully saturated rings. The molecule has 86 valence electrons. The van der Waals surface area contributed by atoms with Gasteiger partial charge in [-0.25, -0.2) is 0 Å². The van der Waals surface area contributed by atoms with Crippen LogP contribution in [0.2, 0.25) is 0 Å². The molecule has 0 N–H and O–H groups in total. The minimum Gasteiger partial charge on any atom is -0.464 e. The zero-order valence-electron chi connectivity index (χ0n) is 9.59. The van der Waals surface area contributed by atoms with E-state index in [9.17, 15) is 0 Å². The van der Waals surface area contributed by atoms with Crippen LogP contribution >= 0.6 is 0 Å². The molecule has 18 heavy (non-hydrogen) atoms. The normalized spacial score (nSPS) is 14.0. The van der Waals surface area contributed by atoms with Gasteiger partial charge in [-0.15, -0.1) is 0 Å². The van der Waals surface area contributed by atoms with Crippen molar-refractivity contribution in [2.45, 2.75) is 0 Å². The minimum atomic E-state index is 0.871. The first-order chi connectivity index (χ1) is 8.90. The van der Waals surface area contributed by atoms with Gasteiger partial charge in [-0.05, 0) is 36.4 Å². The summed E-state index contributed by atoms with van der Waals surface area (Å²) >= 11 is 0. The second-order valence-electron chi connectivity index (χ2n) is 4.33. The second kappa shape index (κ2) is 3.50. The summed E-state index contributed by atoms with van der Waals surface area (Å²) in [7, 11) is 0. The van der Waals surface area contributed by atoms with Crippen molar-refractivity contribution < 1.29 is 9.47 Å². The number of hydrogen-bond acceptors (Lipinski definition) is 2. The molecule has 2 heterocycles. The first-order valence-electron chi connectivity index (χ1n) is 5.86. The molecule has 0 aromatic heterocycles. The summed E-state index contributed by atoms with van der Waals surface area (Å²) < 4.78 is 11.4. The van der Waals surface area contributed by atoms with Crippen LogP contribution in [-0.2, 0) is 0 Å². The summed E-state index contributed by atoms with van der Waals surface area (Å²) in [5.41, 5.74) is 1.10. The fourth-order valence-corrected chi connectivity index (χ4v) is 2.26. The highest BCUT2D eigenvalue weighted by Crippen LogP contribution is 2.27. The number of ether oxygens (including phenoxy) is 2. The molecule has 2 aromatic carbocycles. The predicted molar refractivity (Wildman–Crippen MR) is 70.0 cm³/mol. The molecular weight excluding hydrogens is 224 g/mol. The van der Waals surface area contributed by atoms with Crippen molar-refractivity contribution in [3.63, 3.8) is 0 Å². The van der Waals surface area contributed by atoms with Gasteiger partial charge in [-0.3, -0.25) is 0 Å². The zero-order valence-corrected chi connectivity index (χ0v) is 9.59. The smallest absolute Gasteiger partial charge is 0.135 e. The molecule has 0 unspecified atom stereocenters. The Labute approximate surface area is 104 Å². The van der Waals surface area contributed by atoms with Crippen LogP contribution in [0.1, 0.15) is 5.56 Å². The molecule has 2 aliphatic rings. The molecule has 0 atom stereocenters. The van der Waals surface area contributed by atoms with Crippen LogP contribution in [-0.4, -0.2) is 0 Å². The van der Waals surface area contributed by atoms with Crippen molar-refractivity contribution >= 4 is 12.2 Å². The number of para-hydroxylation sites is 1. The molecule has 2 heteroatoms. The number of benzene rings is 2. The van der Waals surface area contributed by atoms with E-state index >= 15 is 0 Å². The van der Waals surface area contributed by atoms with E-state index in [0.29, 0.717) is 0 Å². The molecule has 2 aliphatic heterocycles. The summed E-state index contributed by atoms with van der Waals surface area (Å²) in [5.74, 6) is 2.65. The van der Waals surface area contributed by atoms with Crippen LogP contribution in [0.4, 0.5) is 0 Å². The van der Waals surface area contributed by atoms with E-state index in [2.05, 4.69) is 6.08 Å². The molecule has 2 nitrogen and oxygen atoms in total. The molecule has 0 spiro atoms. The van der Waals surface area contributed by atoms with Gasteiger partial charge in [0.2, 0.25) is 0 Å². The Kier molecular flexibility index (Phi) is 1.86. The first-order valence-corrected chi connectivity index (χ1v) is 5.86. The van der Waals surface area contributed by atoms with Crippen LogP contribution in [0.15, 0.2) is 48.7 Å². The number of hydrogen-bond donors (Lipinski definition) is 0. The number of fused-ring (bicyclic) bond motifs is 3. The fraction of sp³-hybridized carbons (Fsp3) is 0. The lowest BCUT2D eigenvalue weighted by atomic mass is 10.1. The third-order valence-corrected chi connectivity index (χ3v) is 3.14. The van der Waals surface area contributed by atoms with E-state index < -0.39 is 0 Å².